The van der Waals surface area contributed by atoms with Crippen LogP contribution in [0.4, 0.5) is 11.6 Å². The van der Waals surface area contributed by atoms with Crippen LogP contribution in [0.3, 0.4) is 0 Å². The summed E-state index contributed by atoms with van der Waals surface area (Å²) < 4.78 is 1.84. The number of carbonyl (C=O) groups excluding carboxylic acids is 1. The van der Waals surface area contributed by atoms with Gasteiger partial charge in [0.25, 0.3) is 11.5 Å². The van der Waals surface area contributed by atoms with E-state index in [1.165, 1.54) is 0 Å². The number of anilines is 2. The zero-order chi connectivity index (χ0) is 19.8. The Bertz CT molecular complexity index is 1100. The molecule has 7 nitrogen and oxygen atoms in total. The molecule has 2 aliphatic heterocycles. The lowest BCUT2D eigenvalue weighted by Crippen LogP contribution is -2.48. The SMILES string of the molecule is O=C(Nc1ccc2n(c1=O)CC1CC2CN(c2ncccn2)C1)c1ccccc1. The Hall–Kier alpha value is -3.48. The lowest BCUT2D eigenvalue weighted by atomic mass is 9.83. The third-order valence-corrected chi connectivity index (χ3v) is 5.72. The zero-order valence-electron chi connectivity index (χ0n) is 15.9. The van der Waals surface area contributed by atoms with Gasteiger partial charge in [0.15, 0.2) is 0 Å². The fourth-order valence-electron chi connectivity index (χ4n) is 4.44. The quantitative estimate of drug-likeness (QED) is 0.747. The summed E-state index contributed by atoms with van der Waals surface area (Å²) in [5.41, 5.74) is 1.74. The third kappa shape index (κ3) is 3.29. The van der Waals surface area contributed by atoms with Gasteiger partial charge in [0.1, 0.15) is 5.69 Å². The van der Waals surface area contributed by atoms with Gasteiger partial charge in [0, 0.05) is 49.2 Å². The monoisotopic (exact) mass is 387 g/mol. The molecular formula is C22H21N5O2. The van der Waals surface area contributed by atoms with Crippen molar-refractivity contribution < 1.29 is 4.79 Å². The number of rotatable bonds is 3. The molecule has 7 heteroatoms. The molecule has 2 atom stereocenters. The van der Waals surface area contributed by atoms with Crippen molar-refractivity contribution in [3.63, 3.8) is 0 Å². The van der Waals surface area contributed by atoms with Crippen molar-refractivity contribution in [1.82, 2.24) is 14.5 Å². The van der Waals surface area contributed by atoms with Gasteiger partial charge in [-0.2, -0.15) is 0 Å². The number of pyridine rings is 1. The van der Waals surface area contributed by atoms with E-state index in [0.717, 1.165) is 31.2 Å². The van der Waals surface area contributed by atoms with Crippen molar-refractivity contribution in [3.05, 3.63) is 82.5 Å². The van der Waals surface area contributed by atoms with E-state index in [2.05, 4.69) is 20.2 Å². The smallest absolute Gasteiger partial charge is 0.274 e. The molecule has 2 bridgehead atoms. The molecule has 29 heavy (non-hydrogen) atoms. The number of amides is 1. The third-order valence-electron chi connectivity index (χ3n) is 5.72. The van der Waals surface area contributed by atoms with Gasteiger partial charge in [0.2, 0.25) is 5.95 Å². The van der Waals surface area contributed by atoms with E-state index in [4.69, 9.17) is 0 Å². The molecule has 2 unspecified atom stereocenters. The molecule has 4 heterocycles. The summed E-state index contributed by atoms with van der Waals surface area (Å²) in [4.78, 5) is 36.5. The van der Waals surface area contributed by atoms with E-state index in [-0.39, 0.29) is 17.4 Å². The van der Waals surface area contributed by atoms with Crippen molar-refractivity contribution in [2.24, 2.45) is 5.92 Å². The molecule has 2 aliphatic rings. The first kappa shape index (κ1) is 17.6. The summed E-state index contributed by atoms with van der Waals surface area (Å²) in [5.74, 6) is 1.07. The summed E-state index contributed by atoms with van der Waals surface area (Å²) in [6, 6.07) is 14.4. The Morgan fingerprint density at radius 1 is 0.966 bits per heavy atom. The number of hydrogen-bond acceptors (Lipinski definition) is 5. The van der Waals surface area contributed by atoms with Crippen LogP contribution in [-0.2, 0) is 6.54 Å². The molecule has 1 N–H and O–H groups in total. The maximum Gasteiger partial charge on any atom is 0.274 e. The van der Waals surface area contributed by atoms with E-state index >= 15 is 0 Å². The van der Waals surface area contributed by atoms with Crippen molar-refractivity contribution in [2.75, 3.05) is 23.3 Å². The first-order valence-electron chi connectivity index (χ1n) is 9.81. The molecule has 146 valence electrons. The molecule has 2 aromatic heterocycles. The minimum Gasteiger partial charge on any atom is -0.340 e. The lowest BCUT2D eigenvalue weighted by molar-refractivity contribution is 0.102. The van der Waals surface area contributed by atoms with Crippen molar-refractivity contribution in [2.45, 2.75) is 18.9 Å². The van der Waals surface area contributed by atoms with E-state index in [0.29, 0.717) is 23.7 Å². The number of piperidine rings is 1. The molecule has 1 fully saturated rings. The molecule has 0 saturated carbocycles. The van der Waals surface area contributed by atoms with Crippen LogP contribution >= 0.6 is 0 Å². The maximum atomic E-state index is 13.1. The highest BCUT2D eigenvalue weighted by Crippen LogP contribution is 2.36. The molecular weight excluding hydrogens is 366 g/mol. The molecule has 3 aromatic rings. The maximum absolute atomic E-state index is 13.1. The van der Waals surface area contributed by atoms with Crippen LogP contribution in [0, 0.1) is 5.92 Å². The number of aromatic nitrogens is 3. The average molecular weight is 387 g/mol. The molecule has 0 radical (unpaired) electrons. The van der Waals surface area contributed by atoms with Crippen LogP contribution < -0.4 is 15.8 Å². The predicted octanol–water partition coefficient (Wildman–Crippen LogP) is 2.51. The second kappa shape index (κ2) is 7.16. The summed E-state index contributed by atoms with van der Waals surface area (Å²) in [6.07, 6.45) is 4.57. The van der Waals surface area contributed by atoms with Gasteiger partial charge >= 0.3 is 0 Å². The summed E-state index contributed by atoms with van der Waals surface area (Å²) >= 11 is 0. The normalized spacial score (nSPS) is 20.1. The standard InChI is InChI=1S/C22H21N5O2/c28-20(16-5-2-1-3-6-16)25-18-7-8-19-17-11-15(13-27(19)21(18)29)12-26(14-17)22-23-9-4-10-24-22/h1-10,15,17H,11-14H2,(H,25,28). The van der Waals surface area contributed by atoms with Gasteiger partial charge in [0.05, 0.1) is 0 Å². The van der Waals surface area contributed by atoms with Crippen molar-refractivity contribution >= 4 is 17.5 Å². The Kier molecular flexibility index (Phi) is 4.35. The van der Waals surface area contributed by atoms with Crippen LogP contribution in [-0.4, -0.2) is 33.5 Å². The van der Waals surface area contributed by atoms with Crippen molar-refractivity contribution in [3.8, 4) is 0 Å². The van der Waals surface area contributed by atoms with E-state index < -0.39 is 0 Å². The molecule has 1 saturated heterocycles. The van der Waals surface area contributed by atoms with Crippen LogP contribution in [0.1, 0.15) is 28.4 Å². The van der Waals surface area contributed by atoms with Crippen LogP contribution in [0.2, 0.25) is 0 Å². The Balaban J connectivity index is 1.41. The van der Waals surface area contributed by atoms with Gasteiger partial charge in [-0.1, -0.05) is 18.2 Å². The second-order valence-corrected chi connectivity index (χ2v) is 7.66. The fraction of sp³-hybridized carbons (Fsp3) is 0.273. The summed E-state index contributed by atoms with van der Waals surface area (Å²) in [7, 11) is 0. The minimum atomic E-state index is -0.272. The lowest BCUT2D eigenvalue weighted by Gasteiger charge is -2.42. The number of nitrogens with one attached hydrogen (secondary N) is 1. The predicted molar refractivity (Wildman–Crippen MR) is 110 cm³/mol. The highest BCUT2D eigenvalue weighted by Gasteiger charge is 2.35. The van der Waals surface area contributed by atoms with Gasteiger partial charge in [-0.15, -0.1) is 0 Å². The topological polar surface area (TPSA) is 80.1 Å². The molecule has 0 aliphatic carbocycles. The molecule has 0 spiro atoms. The fourth-order valence-corrected chi connectivity index (χ4v) is 4.44. The van der Waals surface area contributed by atoms with Crippen molar-refractivity contribution in [1.29, 1.82) is 0 Å². The summed E-state index contributed by atoms with van der Waals surface area (Å²) in [6.45, 7) is 2.26. The average Bonchev–Trinajstić information content (AvgIpc) is 2.77. The number of carbonyl (C=O) groups is 1. The Morgan fingerprint density at radius 3 is 2.55 bits per heavy atom. The highest BCUT2D eigenvalue weighted by atomic mass is 16.2. The molecule has 1 amide bonds. The van der Waals surface area contributed by atoms with Gasteiger partial charge in [-0.3, -0.25) is 9.59 Å². The van der Waals surface area contributed by atoms with Crippen LogP contribution in [0.25, 0.3) is 0 Å². The number of hydrogen-bond donors (Lipinski definition) is 1. The van der Waals surface area contributed by atoms with E-state index in [9.17, 15) is 9.59 Å². The Morgan fingerprint density at radius 2 is 1.76 bits per heavy atom. The van der Waals surface area contributed by atoms with Gasteiger partial charge < -0.3 is 14.8 Å². The first-order valence-corrected chi connectivity index (χ1v) is 9.81. The molecule has 1 aromatic carbocycles. The zero-order valence-corrected chi connectivity index (χ0v) is 15.9. The Labute approximate surface area is 168 Å². The largest absolute Gasteiger partial charge is 0.340 e. The van der Waals surface area contributed by atoms with Crippen LogP contribution in [0.5, 0.6) is 0 Å². The summed E-state index contributed by atoms with van der Waals surface area (Å²) in [5, 5.41) is 2.77. The van der Waals surface area contributed by atoms with E-state index in [1.807, 2.05) is 22.8 Å². The number of benzene rings is 1. The highest BCUT2D eigenvalue weighted by molar-refractivity contribution is 6.04. The molecule has 5 rings (SSSR count). The minimum absolute atomic E-state index is 0.133. The number of nitrogens with zero attached hydrogens (tertiary/aromatic N) is 4. The first-order chi connectivity index (χ1) is 14.2. The van der Waals surface area contributed by atoms with E-state index in [1.54, 1.807) is 42.7 Å². The van der Waals surface area contributed by atoms with Gasteiger partial charge in [-0.25, -0.2) is 9.97 Å². The van der Waals surface area contributed by atoms with Gasteiger partial charge in [-0.05, 0) is 42.7 Å². The van der Waals surface area contributed by atoms with Crippen LogP contribution in [0.15, 0.2) is 65.7 Å². The second-order valence-electron chi connectivity index (χ2n) is 7.66. The number of fused-ring (bicyclic) bond motifs is 4.